The van der Waals surface area contributed by atoms with Crippen LogP contribution in [-0.4, -0.2) is 24.8 Å². The number of halogens is 1. The first-order valence-electron chi connectivity index (χ1n) is 2.86. The van der Waals surface area contributed by atoms with Crippen LogP contribution in [-0.2, 0) is 22.4 Å². The summed E-state index contributed by atoms with van der Waals surface area (Å²) in [6.07, 6.45) is 3.15. The van der Waals surface area contributed by atoms with E-state index in [0.717, 1.165) is 0 Å². The largest absolute Gasteiger partial charge is 1.00 e. The first kappa shape index (κ1) is 13.9. The summed E-state index contributed by atoms with van der Waals surface area (Å²) in [7, 11) is -0.265. The summed E-state index contributed by atoms with van der Waals surface area (Å²) < 4.78 is 11.1. The summed E-state index contributed by atoms with van der Waals surface area (Å²) in [5, 5.41) is 6.94. The molecule has 2 nitrogen and oxygen atoms in total. The van der Waals surface area contributed by atoms with Crippen molar-refractivity contribution in [3.8, 4) is 0 Å². The van der Waals surface area contributed by atoms with E-state index in [9.17, 15) is 4.39 Å². The van der Waals surface area contributed by atoms with Crippen molar-refractivity contribution in [2.75, 3.05) is 19.7 Å². The Morgan fingerprint density at radius 1 is 1.55 bits per heavy atom. The van der Waals surface area contributed by atoms with Gasteiger partial charge in [-0.05, 0) is 13.3 Å². The molecule has 0 amide bonds. The third-order valence-electron chi connectivity index (χ3n) is 0.611. The molecule has 0 atom stereocenters. The van der Waals surface area contributed by atoms with E-state index in [1.54, 1.807) is 18.5 Å². The van der Waals surface area contributed by atoms with Crippen LogP contribution in [0.1, 0.15) is 0 Å². The van der Waals surface area contributed by atoms with E-state index in [4.69, 9.17) is 0 Å². The van der Waals surface area contributed by atoms with Gasteiger partial charge in [0, 0.05) is 6.20 Å². The predicted octanol–water partition coefficient (Wildman–Crippen LogP) is 1.69. The summed E-state index contributed by atoms with van der Waals surface area (Å²) >= 11 is 0. The number of aromatic nitrogens is 2. The monoisotopic (exact) mass is 358 g/mol. The normalized spacial score (nSPS) is 8.00. The minimum Gasteiger partial charge on any atom is -0.582 e. The molecule has 68 valence electrons. The van der Waals surface area contributed by atoms with Gasteiger partial charge < -0.3 is 10.2 Å². The molecule has 1 heterocycles. The van der Waals surface area contributed by atoms with E-state index in [2.05, 4.69) is 10.2 Å². The average molecular weight is 358 g/mol. The summed E-state index contributed by atoms with van der Waals surface area (Å²) in [5.74, 6) is 0. The van der Waals surface area contributed by atoms with E-state index in [1.807, 2.05) is 13.3 Å². The molecule has 0 radical (unpaired) electrons. The molecule has 0 saturated heterocycles. The Morgan fingerprint density at radius 2 is 2.09 bits per heavy atom. The topological polar surface area (TPSA) is 27.0 Å². The van der Waals surface area contributed by atoms with Crippen molar-refractivity contribution in [3.05, 3.63) is 18.5 Å². The molecule has 0 aliphatic heterocycles. The van der Waals surface area contributed by atoms with Crippen molar-refractivity contribution >= 4 is 7.92 Å². The molecule has 5 heteroatoms. The number of rotatable bonds is 1. The van der Waals surface area contributed by atoms with Crippen molar-refractivity contribution in [2.24, 2.45) is 0 Å². The number of hydrogen-bond acceptors (Lipinski definition) is 1. The number of hydrogen-bond donors (Lipinski definition) is 0. The van der Waals surface area contributed by atoms with Gasteiger partial charge in [0.15, 0.2) is 0 Å². The van der Waals surface area contributed by atoms with E-state index >= 15 is 0 Å². The van der Waals surface area contributed by atoms with Crippen LogP contribution >= 0.6 is 7.92 Å². The second-order valence-corrected chi connectivity index (χ2v) is 4.32. The SMILES string of the molecule is CP(C)CF.[Au+].c1cn[n-]c1. The molecule has 0 spiro atoms. The first-order valence-corrected chi connectivity index (χ1v) is 5.28. The van der Waals surface area contributed by atoms with Crippen LogP contribution in [0.5, 0.6) is 0 Å². The fourth-order valence-electron chi connectivity index (χ4n) is 0.192. The van der Waals surface area contributed by atoms with Gasteiger partial charge in [-0.15, -0.1) is 0 Å². The van der Waals surface area contributed by atoms with Crippen LogP contribution < -0.4 is 5.10 Å². The van der Waals surface area contributed by atoms with Crippen LogP contribution in [0.25, 0.3) is 0 Å². The van der Waals surface area contributed by atoms with E-state index in [1.165, 1.54) is 0 Å². The average Bonchev–Trinajstić information content (AvgIpc) is 2.43. The zero-order valence-electron chi connectivity index (χ0n) is 6.46. The van der Waals surface area contributed by atoms with Crippen molar-refractivity contribution in [3.63, 3.8) is 0 Å². The molecule has 0 aliphatic rings. The van der Waals surface area contributed by atoms with E-state index in [-0.39, 0.29) is 36.7 Å². The Balaban J connectivity index is 0. The molecule has 0 N–H and O–H groups in total. The molecular formula is C6H11AuFN2P. The van der Waals surface area contributed by atoms with E-state index in [0.29, 0.717) is 0 Å². The Hall–Kier alpha value is 0.310. The molecule has 1 rings (SSSR count). The van der Waals surface area contributed by atoms with Crippen LogP contribution in [0.2, 0.25) is 0 Å². The maximum atomic E-state index is 11.1. The summed E-state index contributed by atoms with van der Waals surface area (Å²) in [6, 6.07) is 1.78. The number of nitrogens with zero attached hydrogens (tertiary/aromatic N) is 2. The molecule has 0 unspecified atom stereocenters. The summed E-state index contributed by atoms with van der Waals surface area (Å²) in [5.41, 5.74) is 0. The molecule has 1 aromatic rings. The zero-order valence-corrected chi connectivity index (χ0v) is 9.52. The van der Waals surface area contributed by atoms with Gasteiger partial charge in [0.25, 0.3) is 0 Å². The van der Waals surface area contributed by atoms with Gasteiger partial charge in [0.2, 0.25) is 0 Å². The van der Waals surface area contributed by atoms with Gasteiger partial charge in [-0.2, -0.15) is 6.20 Å². The summed E-state index contributed by atoms with van der Waals surface area (Å²) in [4.78, 5) is 0. The molecule has 1 aromatic heterocycles. The molecule has 0 saturated carbocycles. The molecule has 0 fully saturated rings. The molecular weight excluding hydrogens is 347 g/mol. The first-order chi connectivity index (χ1) is 4.77. The van der Waals surface area contributed by atoms with E-state index < -0.39 is 0 Å². The maximum Gasteiger partial charge on any atom is 1.00 e. The third-order valence-corrected chi connectivity index (χ3v) is 1.09. The number of alkyl halides is 1. The van der Waals surface area contributed by atoms with Crippen molar-refractivity contribution < 1.29 is 26.8 Å². The van der Waals surface area contributed by atoms with Crippen molar-refractivity contribution in [2.45, 2.75) is 0 Å². The fraction of sp³-hybridized carbons (Fsp3) is 0.500. The molecule has 0 aromatic carbocycles. The third kappa shape index (κ3) is 13.3. The Morgan fingerprint density at radius 3 is 2.18 bits per heavy atom. The van der Waals surface area contributed by atoms with Crippen molar-refractivity contribution in [1.82, 2.24) is 10.2 Å². The smallest absolute Gasteiger partial charge is 0.582 e. The Kier molecular flexibility index (Phi) is 13.0. The molecule has 0 bridgehead atoms. The molecule has 0 aliphatic carbocycles. The van der Waals surface area contributed by atoms with Crippen LogP contribution in [0, 0.1) is 0 Å². The minimum atomic E-state index is -0.265. The standard InChI is InChI=1S/C3H8FP.C3H3N2.Au/c1-5(2)3-4;1-2-4-5-3-1;/h3H2,1-2H3;1-3H;/q;-1;+1. The predicted molar refractivity (Wildman–Crippen MR) is 42.3 cm³/mol. The summed E-state index contributed by atoms with van der Waals surface area (Å²) in [6.45, 7) is 3.82. The maximum absolute atomic E-state index is 11.1. The van der Waals surface area contributed by atoms with Gasteiger partial charge in [-0.1, -0.05) is 14.0 Å². The minimum absolute atomic E-state index is 0. The second kappa shape index (κ2) is 10.3. The Labute approximate surface area is 83.2 Å². The van der Waals surface area contributed by atoms with Crippen LogP contribution in [0.4, 0.5) is 4.39 Å². The zero-order chi connectivity index (χ0) is 7.82. The van der Waals surface area contributed by atoms with Crippen LogP contribution in [0.15, 0.2) is 18.5 Å². The van der Waals surface area contributed by atoms with Gasteiger partial charge >= 0.3 is 22.4 Å². The quantitative estimate of drug-likeness (QED) is 0.565. The van der Waals surface area contributed by atoms with Gasteiger partial charge in [-0.25, -0.2) is 4.39 Å². The van der Waals surface area contributed by atoms with Gasteiger partial charge in [0.05, 0.1) is 0 Å². The fourth-order valence-corrected chi connectivity index (χ4v) is 0.192. The van der Waals surface area contributed by atoms with Crippen LogP contribution in [0.3, 0.4) is 0 Å². The Bertz CT molecular complexity index is 118. The van der Waals surface area contributed by atoms with Gasteiger partial charge in [0.1, 0.15) is 6.42 Å². The van der Waals surface area contributed by atoms with Gasteiger partial charge in [-0.3, -0.25) is 0 Å². The van der Waals surface area contributed by atoms with Crippen molar-refractivity contribution in [1.29, 1.82) is 0 Å². The molecule has 11 heavy (non-hydrogen) atoms. The second-order valence-electron chi connectivity index (χ2n) is 1.92.